The lowest BCUT2D eigenvalue weighted by atomic mass is 10.1. The van der Waals surface area contributed by atoms with Crippen LogP contribution in [-0.4, -0.2) is 27.1 Å². The third-order valence-electron chi connectivity index (χ3n) is 4.67. The highest BCUT2D eigenvalue weighted by Crippen LogP contribution is 2.25. The van der Waals surface area contributed by atoms with Crippen LogP contribution >= 0.6 is 0 Å². The fourth-order valence-corrected chi connectivity index (χ4v) is 4.24. The Bertz CT molecular complexity index is 1190. The summed E-state index contributed by atoms with van der Waals surface area (Å²) in [4.78, 5) is 12.6. The van der Waals surface area contributed by atoms with Crippen molar-refractivity contribution in [2.24, 2.45) is 5.10 Å². The molecule has 3 aromatic rings. The van der Waals surface area contributed by atoms with Gasteiger partial charge in [0.1, 0.15) is 12.4 Å². The van der Waals surface area contributed by atoms with Gasteiger partial charge in [-0.05, 0) is 66.9 Å². The second-order valence-electron chi connectivity index (χ2n) is 6.94. The Hall–Kier alpha value is -3.52. The van der Waals surface area contributed by atoms with E-state index in [0.29, 0.717) is 11.3 Å². The molecule has 0 saturated carbocycles. The molecule has 6 nitrogen and oxygen atoms in total. The molecule has 0 aliphatic heterocycles. The summed E-state index contributed by atoms with van der Waals surface area (Å²) in [6, 6.07) is 18.7. The van der Waals surface area contributed by atoms with Gasteiger partial charge in [0.2, 0.25) is 0 Å². The van der Waals surface area contributed by atoms with Crippen molar-refractivity contribution in [1.82, 2.24) is 5.43 Å². The number of anilines is 1. The molecule has 0 aliphatic rings. The van der Waals surface area contributed by atoms with E-state index in [1.807, 2.05) is 19.9 Å². The molecule has 0 fully saturated rings. The quantitative estimate of drug-likeness (QED) is 0.449. The van der Waals surface area contributed by atoms with Crippen LogP contribution in [-0.2, 0) is 14.8 Å². The number of hydrazone groups is 1. The molecule has 0 aromatic heterocycles. The van der Waals surface area contributed by atoms with Gasteiger partial charge in [-0.1, -0.05) is 36.4 Å². The van der Waals surface area contributed by atoms with Gasteiger partial charge in [0, 0.05) is 0 Å². The van der Waals surface area contributed by atoms with E-state index in [-0.39, 0.29) is 10.7 Å². The predicted molar refractivity (Wildman–Crippen MR) is 119 cm³/mol. The molecule has 31 heavy (non-hydrogen) atoms. The number of carbonyl (C=O) groups excluding carboxylic acids is 1. The molecule has 0 heterocycles. The molecule has 1 N–H and O–H groups in total. The topological polar surface area (TPSA) is 78.8 Å². The van der Waals surface area contributed by atoms with Crippen LogP contribution < -0.4 is 9.73 Å². The smallest absolute Gasteiger partial charge is 0.264 e. The van der Waals surface area contributed by atoms with Crippen molar-refractivity contribution in [3.8, 4) is 0 Å². The number of hydrogen-bond acceptors (Lipinski definition) is 4. The van der Waals surface area contributed by atoms with Gasteiger partial charge in [-0.15, -0.1) is 0 Å². The summed E-state index contributed by atoms with van der Waals surface area (Å²) in [6.07, 6.45) is 1.35. The first kappa shape index (κ1) is 22.2. The molecule has 0 radical (unpaired) electrons. The Labute approximate surface area is 181 Å². The first-order valence-corrected chi connectivity index (χ1v) is 10.9. The van der Waals surface area contributed by atoms with Crippen molar-refractivity contribution in [3.63, 3.8) is 0 Å². The number of rotatable bonds is 7. The summed E-state index contributed by atoms with van der Waals surface area (Å²) in [5.41, 5.74) is 5.20. The largest absolute Gasteiger partial charge is 0.271 e. The monoisotopic (exact) mass is 439 g/mol. The number of benzene rings is 3. The van der Waals surface area contributed by atoms with Crippen LogP contribution in [0.15, 0.2) is 82.8 Å². The highest BCUT2D eigenvalue weighted by atomic mass is 32.2. The fraction of sp³-hybridized carbons (Fsp3) is 0.130. The molecule has 0 bridgehead atoms. The lowest BCUT2D eigenvalue weighted by Crippen LogP contribution is -2.39. The van der Waals surface area contributed by atoms with Crippen LogP contribution in [0.4, 0.5) is 10.1 Å². The molecule has 1 amide bonds. The number of hydrogen-bond donors (Lipinski definition) is 1. The minimum atomic E-state index is -3.98. The number of nitrogens with one attached hydrogen (secondary N) is 1. The minimum Gasteiger partial charge on any atom is -0.271 e. The van der Waals surface area contributed by atoms with E-state index >= 15 is 0 Å². The SMILES string of the molecule is Cc1ccc(N(CC(=O)N/N=C\c2ccc(F)cc2)S(=O)(=O)c2ccccc2)cc1C. The minimum absolute atomic E-state index is 0.0795. The summed E-state index contributed by atoms with van der Waals surface area (Å²) < 4.78 is 40.6. The number of carbonyl (C=O) groups is 1. The lowest BCUT2D eigenvalue weighted by molar-refractivity contribution is -0.119. The molecule has 0 spiro atoms. The van der Waals surface area contributed by atoms with E-state index in [1.165, 1.54) is 42.6 Å². The maximum absolute atomic E-state index is 13.3. The molecule has 0 unspecified atom stereocenters. The molecule has 3 aromatic carbocycles. The van der Waals surface area contributed by atoms with Gasteiger partial charge in [-0.3, -0.25) is 9.10 Å². The zero-order chi connectivity index (χ0) is 22.4. The molecular formula is C23H22FN3O3S. The normalized spacial score (nSPS) is 11.5. The first-order chi connectivity index (χ1) is 14.8. The lowest BCUT2D eigenvalue weighted by Gasteiger charge is -2.24. The zero-order valence-corrected chi connectivity index (χ0v) is 17.9. The maximum atomic E-state index is 13.3. The fourth-order valence-electron chi connectivity index (χ4n) is 2.81. The van der Waals surface area contributed by atoms with Gasteiger partial charge in [0.15, 0.2) is 0 Å². The van der Waals surface area contributed by atoms with Crippen LogP contribution in [0.3, 0.4) is 0 Å². The Morgan fingerprint density at radius 3 is 2.32 bits per heavy atom. The van der Waals surface area contributed by atoms with Gasteiger partial charge < -0.3 is 0 Å². The molecule has 0 aliphatic carbocycles. The van der Waals surface area contributed by atoms with Gasteiger partial charge in [-0.2, -0.15) is 5.10 Å². The first-order valence-electron chi connectivity index (χ1n) is 9.50. The maximum Gasteiger partial charge on any atom is 0.264 e. The third kappa shape index (κ3) is 5.55. The molecule has 8 heteroatoms. The number of amides is 1. The number of nitrogens with zero attached hydrogens (tertiary/aromatic N) is 2. The van der Waals surface area contributed by atoms with Crippen LogP contribution in [0.5, 0.6) is 0 Å². The summed E-state index contributed by atoms with van der Waals surface area (Å²) in [7, 11) is -3.98. The number of halogens is 1. The standard InChI is InChI=1S/C23H22FN3O3S/c1-17-8-13-21(14-18(17)2)27(31(29,30)22-6-4-3-5-7-22)16-23(28)26-25-15-19-9-11-20(24)12-10-19/h3-15H,16H2,1-2H3,(H,26,28)/b25-15-. The Morgan fingerprint density at radius 1 is 1.00 bits per heavy atom. The predicted octanol–water partition coefficient (Wildman–Crippen LogP) is 3.79. The van der Waals surface area contributed by atoms with Crippen LogP contribution in [0.2, 0.25) is 0 Å². The van der Waals surface area contributed by atoms with Gasteiger partial charge in [-0.25, -0.2) is 18.2 Å². The van der Waals surface area contributed by atoms with E-state index in [4.69, 9.17) is 0 Å². The van der Waals surface area contributed by atoms with Crippen molar-refractivity contribution in [2.45, 2.75) is 18.7 Å². The van der Waals surface area contributed by atoms with E-state index in [9.17, 15) is 17.6 Å². The van der Waals surface area contributed by atoms with Crippen molar-refractivity contribution >= 4 is 27.8 Å². The molecule has 160 valence electrons. The van der Waals surface area contributed by atoms with E-state index in [2.05, 4.69) is 10.5 Å². The van der Waals surface area contributed by atoms with Gasteiger partial charge >= 0.3 is 0 Å². The van der Waals surface area contributed by atoms with Crippen molar-refractivity contribution in [2.75, 3.05) is 10.8 Å². The summed E-state index contributed by atoms with van der Waals surface area (Å²) >= 11 is 0. The average Bonchev–Trinajstić information content (AvgIpc) is 2.76. The van der Waals surface area contributed by atoms with Crippen molar-refractivity contribution in [3.05, 3.63) is 95.3 Å². The summed E-state index contributed by atoms with van der Waals surface area (Å²) in [5.74, 6) is -0.993. The van der Waals surface area contributed by atoms with Crippen molar-refractivity contribution < 1.29 is 17.6 Å². The average molecular weight is 440 g/mol. The zero-order valence-electron chi connectivity index (χ0n) is 17.1. The van der Waals surface area contributed by atoms with Gasteiger partial charge in [0.05, 0.1) is 16.8 Å². The van der Waals surface area contributed by atoms with E-state index in [0.717, 1.165) is 15.4 Å². The molecule has 0 saturated heterocycles. The number of aryl methyl sites for hydroxylation is 2. The Balaban J connectivity index is 1.85. The van der Waals surface area contributed by atoms with E-state index in [1.54, 1.807) is 30.3 Å². The highest BCUT2D eigenvalue weighted by Gasteiger charge is 2.27. The van der Waals surface area contributed by atoms with Gasteiger partial charge in [0.25, 0.3) is 15.9 Å². The molecule has 0 atom stereocenters. The third-order valence-corrected chi connectivity index (χ3v) is 6.46. The number of sulfonamides is 1. The summed E-state index contributed by atoms with van der Waals surface area (Å²) in [6.45, 7) is 3.34. The highest BCUT2D eigenvalue weighted by molar-refractivity contribution is 7.92. The van der Waals surface area contributed by atoms with E-state index < -0.39 is 22.5 Å². The Kier molecular flexibility index (Phi) is 6.81. The second-order valence-corrected chi connectivity index (χ2v) is 8.80. The summed E-state index contributed by atoms with van der Waals surface area (Å²) in [5, 5.41) is 3.84. The second kappa shape index (κ2) is 9.53. The molecular weight excluding hydrogens is 417 g/mol. The van der Waals surface area contributed by atoms with Crippen LogP contribution in [0, 0.1) is 19.7 Å². The van der Waals surface area contributed by atoms with Crippen LogP contribution in [0.1, 0.15) is 16.7 Å². The Morgan fingerprint density at radius 2 is 1.68 bits per heavy atom. The van der Waals surface area contributed by atoms with Crippen LogP contribution in [0.25, 0.3) is 0 Å². The van der Waals surface area contributed by atoms with Crippen molar-refractivity contribution in [1.29, 1.82) is 0 Å². The molecule has 3 rings (SSSR count).